The van der Waals surface area contributed by atoms with E-state index in [1.54, 1.807) is 0 Å². The molecule has 1 atom stereocenters. The van der Waals surface area contributed by atoms with Crippen molar-refractivity contribution in [1.29, 1.82) is 0 Å². The molecule has 0 saturated carbocycles. The minimum absolute atomic E-state index is 0.224. The van der Waals surface area contributed by atoms with Gasteiger partial charge in [-0.2, -0.15) is 0 Å². The van der Waals surface area contributed by atoms with Crippen LogP contribution in [0.4, 0.5) is 0 Å². The van der Waals surface area contributed by atoms with Crippen molar-refractivity contribution in [3.05, 3.63) is 88.9 Å². The molecule has 1 radical (unpaired) electrons. The van der Waals surface area contributed by atoms with E-state index >= 15 is 0 Å². The largest absolute Gasteiger partial charge is 0.314 e. The molecule has 1 aliphatic carbocycles. The first-order valence-corrected chi connectivity index (χ1v) is 14.7. The van der Waals surface area contributed by atoms with Crippen molar-refractivity contribution < 1.29 is 17.3 Å². The Hall–Kier alpha value is -0.777. The van der Waals surface area contributed by atoms with Gasteiger partial charge in [0.05, 0.1) is 0 Å². The smallest absolute Gasteiger partial charge is 0.0113 e. The molecule has 1 heterocycles. The zero-order valence-corrected chi connectivity index (χ0v) is 22.7. The number of halogens is 1. The van der Waals surface area contributed by atoms with E-state index in [-0.39, 0.29) is 7.92 Å². The fraction of sp³-hybridized carbons (Fsp3) is 0.370. The summed E-state index contributed by atoms with van der Waals surface area (Å²) in [6.07, 6.45) is 3.93. The molecule has 4 rings (SSSR count). The van der Waals surface area contributed by atoms with Gasteiger partial charge in [0.15, 0.2) is 0 Å². The van der Waals surface area contributed by atoms with E-state index in [9.17, 15) is 0 Å². The molecule has 0 aromatic heterocycles. The molecule has 0 unspecified atom stereocenters. The Labute approximate surface area is 205 Å². The predicted molar refractivity (Wildman–Crippen MR) is 136 cm³/mol. The van der Waals surface area contributed by atoms with Crippen molar-refractivity contribution in [2.24, 2.45) is 0 Å². The fourth-order valence-electron chi connectivity index (χ4n) is 4.11. The van der Waals surface area contributed by atoms with E-state index in [1.807, 2.05) is 17.3 Å². The van der Waals surface area contributed by atoms with Crippen LogP contribution in [0.25, 0.3) is 0 Å². The summed E-state index contributed by atoms with van der Waals surface area (Å²) in [6, 6.07) is 22.7. The summed E-state index contributed by atoms with van der Waals surface area (Å²) in [4.78, 5) is 0. The van der Waals surface area contributed by atoms with Crippen LogP contribution in [0.3, 0.4) is 0 Å². The molecular formula is C27H35ClNPRu. The second-order valence-corrected chi connectivity index (χ2v) is 10.5. The molecule has 1 fully saturated rings. The number of nitrogens with one attached hydrogen (secondary N) is 1. The Bertz CT molecular complexity index is 794. The summed E-state index contributed by atoms with van der Waals surface area (Å²) < 4.78 is 0. The van der Waals surface area contributed by atoms with Gasteiger partial charge in [0.1, 0.15) is 0 Å². The number of rotatable bonds is 4. The van der Waals surface area contributed by atoms with Gasteiger partial charge in [-0.15, -0.1) is 0 Å². The van der Waals surface area contributed by atoms with E-state index in [2.05, 4.69) is 110 Å². The molecule has 0 spiro atoms. The van der Waals surface area contributed by atoms with Crippen LogP contribution in [0.2, 0.25) is 0 Å². The third kappa shape index (κ3) is 7.37. The van der Waals surface area contributed by atoms with Crippen molar-refractivity contribution in [3.63, 3.8) is 0 Å². The quantitative estimate of drug-likeness (QED) is 0.331. The maximum atomic E-state index is 4.57. The predicted octanol–water partition coefficient (Wildman–Crippen LogP) is 6.83. The molecule has 1 nitrogen and oxygen atoms in total. The molecule has 1 N–H and O–H groups in total. The maximum absolute atomic E-state index is 4.57. The van der Waals surface area contributed by atoms with Gasteiger partial charge >= 0.3 is 27.0 Å². The van der Waals surface area contributed by atoms with Crippen LogP contribution >= 0.6 is 17.6 Å². The van der Waals surface area contributed by atoms with Crippen LogP contribution in [-0.2, 0) is 17.3 Å². The first-order chi connectivity index (χ1) is 15.0. The molecule has 1 saturated heterocycles. The van der Waals surface area contributed by atoms with Gasteiger partial charge < -0.3 is 5.32 Å². The second kappa shape index (κ2) is 13.7. The maximum Gasteiger partial charge on any atom is 0.0113 e. The van der Waals surface area contributed by atoms with Crippen LogP contribution < -0.4 is 15.9 Å². The van der Waals surface area contributed by atoms with E-state index in [1.165, 1.54) is 64.4 Å². The van der Waals surface area contributed by atoms with Crippen LogP contribution in [0, 0.1) is 5.92 Å². The molecule has 31 heavy (non-hydrogen) atoms. The van der Waals surface area contributed by atoms with Crippen molar-refractivity contribution >= 4 is 28.2 Å². The Morgan fingerprint density at radius 1 is 0.774 bits per heavy atom. The monoisotopic (exact) mass is 541 g/mol. The average Bonchev–Trinajstić information content (AvgIpc) is 3.41. The van der Waals surface area contributed by atoms with E-state index < -0.39 is 0 Å². The van der Waals surface area contributed by atoms with Gasteiger partial charge in [0.25, 0.3) is 0 Å². The summed E-state index contributed by atoms with van der Waals surface area (Å²) in [5.74, 6) is 1.47. The molecule has 4 heteroatoms. The summed E-state index contributed by atoms with van der Waals surface area (Å²) in [5, 5.41) is 6.64. The SMILES string of the molecule is C[C]1C(C)=C(C)C(C)=C1C.[Cl][Ru].c1ccc(P(C[C@@H]2CCCN2)c2ccccc2)cc1. The standard InChI is InChI=1S/C17H20NP.C10H15.ClH.Ru/c1-3-9-16(10-4-1)19(14-15-8-7-13-18-15)17-11-5-2-6-12-17;1-6-7(2)9(4)10(5)8(6)3;;/h1-6,9-12,15,18H,7-8,13-14H2;1-5H3;1H;/q;;;+1/p-1/t15-;;;/m0.../s1. The molecule has 2 aliphatic rings. The van der Waals surface area contributed by atoms with Crippen LogP contribution in [0.5, 0.6) is 0 Å². The van der Waals surface area contributed by atoms with Crippen molar-refractivity contribution in [3.8, 4) is 0 Å². The Morgan fingerprint density at radius 3 is 1.55 bits per heavy atom. The zero-order chi connectivity index (χ0) is 22.8. The molecule has 0 amide bonds. The third-order valence-electron chi connectivity index (χ3n) is 6.51. The minimum atomic E-state index is -0.224. The van der Waals surface area contributed by atoms with E-state index in [4.69, 9.17) is 0 Å². The summed E-state index contributed by atoms with van der Waals surface area (Å²) in [5.41, 5.74) is 5.87. The number of hydrogen-bond donors (Lipinski definition) is 1. The van der Waals surface area contributed by atoms with Gasteiger partial charge in [-0.3, -0.25) is 0 Å². The second-order valence-electron chi connectivity index (χ2n) is 8.20. The third-order valence-corrected chi connectivity index (χ3v) is 9.16. The van der Waals surface area contributed by atoms with Crippen LogP contribution in [0.1, 0.15) is 47.5 Å². The number of hydrogen-bond acceptors (Lipinski definition) is 1. The normalized spacial score (nSPS) is 18.6. The first-order valence-electron chi connectivity index (χ1n) is 10.9. The Morgan fingerprint density at radius 2 is 1.23 bits per heavy atom. The van der Waals surface area contributed by atoms with E-state index in [0.717, 1.165) is 0 Å². The zero-order valence-electron chi connectivity index (χ0n) is 19.4. The number of allylic oxidation sites excluding steroid dienone is 4. The minimum Gasteiger partial charge on any atom is -0.314 e. The van der Waals surface area contributed by atoms with Crippen molar-refractivity contribution in [1.82, 2.24) is 5.32 Å². The molecule has 2 aromatic rings. The summed E-state index contributed by atoms with van der Waals surface area (Å²) >= 11 is 1.82. The molecule has 2 aromatic carbocycles. The molecular weight excluding hydrogens is 506 g/mol. The summed E-state index contributed by atoms with van der Waals surface area (Å²) in [7, 11) is 4.34. The van der Waals surface area contributed by atoms with E-state index in [0.29, 0.717) is 6.04 Å². The average molecular weight is 541 g/mol. The van der Waals surface area contributed by atoms with Gasteiger partial charge in [-0.1, -0.05) is 78.7 Å². The molecule has 168 valence electrons. The topological polar surface area (TPSA) is 12.0 Å². The van der Waals surface area contributed by atoms with Crippen molar-refractivity contribution in [2.45, 2.75) is 53.5 Å². The van der Waals surface area contributed by atoms with Crippen LogP contribution in [-0.4, -0.2) is 18.7 Å². The molecule has 1 aliphatic heterocycles. The fourth-order valence-corrected chi connectivity index (χ4v) is 6.65. The Balaban J connectivity index is 0.000000241. The first kappa shape index (κ1) is 26.5. The van der Waals surface area contributed by atoms with Gasteiger partial charge in [-0.05, 0) is 82.9 Å². The van der Waals surface area contributed by atoms with Crippen LogP contribution in [0.15, 0.2) is 83.0 Å². The van der Waals surface area contributed by atoms with Gasteiger partial charge in [-0.25, -0.2) is 0 Å². The van der Waals surface area contributed by atoms with Gasteiger partial charge in [0.2, 0.25) is 0 Å². The summed E-state index contributed by atoms with van der Waals surface area (Å²) in [6.45, 7) is 12.2. The Kier molecular flexibility index (Phi) is 11.7. The number of benzene rings is 2. The van der Waals surface area contributed by atoms with Gasteiger partial charge in [0, 0.05) is 12.0 Å². The van der Waals surface area contributed by atoms with Crippen molar-refractivity contribution in [2.75, 3.05) is 12.7 Å². The molecule has 0 bridgehead atoms.